The molecule has 5 rings (SSSR count). The van der Waals surface area contributed by atoms with Crippen LogP contribution in [0.15, 0.2) is 73.6 Å². The number of para-hydroxylation sites is 2. The van der Waals surface area contributed by atoms with Crippen LogP contribution >= 0.6 is 0 Å². The topological polar surface area (TPSA) is 110 Å². The Morgan fingerprint density at radius 1 is 1.08 bits per heavy atom. The summed E-state index contributed by atoms with van der Waals surface area (Å²) in [7, 11) is 1.59. The van der Waals surface area contributed by atoms with Crippen molar-refractivity contribution in [2.75, 3.05) is 63.7 Å². The van der Waals surface area contributed by atoms with Gasteiger partial charge in [-0.1, -0.05) is 18.2 Å². The lowest BCUT2D eigenvalue weighted by Gasteiger charge is -2.50. The van der Waals surface area contributed by atoms with E-state index in [1.165, 1.54) is 23.1 Å². The molecule has 2 amide bonds. The Morgan fingerprint density at radius 3 is 2.53 bits per heavy atom. The van der Waals surface area contributed by atoms with Crippen LogP contribution in [0.1, 0.15) is 35.2 Å². The van der Waals surface area contributed by atoms with Crippen LogP contribution in [0.3, 0.4) is 0 Å². The van der Waals surface area contributed by atoms with E-state index in [0.717, 1.165) is 30.2 Å². The molecule has 3 aromatic rings. The summed E-state index contributed by atoms with van der Waals surface area (Å²) >= 11 is 0. The van der Waals surface area contributed by atoms with Gasteiger partial charge in [-0.2, -0.15) is 13.2 Å². The maximum absolute atomic E-state index is 14.8. The molecular weight excluding hydrogens is 646 g/mol. The van der Waals surface area contributed by atoms with E-state index in [-0.39, 0.29) is 50.3 Å². The molecule has 3 heterocycles. The standard InChI is InChI=1S/C35H39F4N5O5/c1-3-7-31-34(49-24-10-11-28(40)27(36)22-24,13-6-15-44(31)32(45)25-23-41-14-12-26(25)35(37,38)39)33(46)43-18-16-42(17-19-43)29-8-4-5-9-30(29)48-21-20-47-2/h3-5,8-12,14,22-23,31H,1,6-7,13,15-21,40H2,2H3. The number of methoxy groups -OCH3 is 1. The monoisotopic (exact) mass is 685 g/mol. The number of hydrogen-bond donors (Lipinski definition) is 1. The maximum atomic E-state index is 14.8. The second kappa shape index (κ2) is 15.1. The van der Waals surface area contributed by atoms with E-state index < -0.39 is 46.6 Å². The Morgan fingerprint density at radius 2 is 1.84 bits per heavy atom. The summed E-state index contributed by atoms with van der Waals surface area (Å²) in [6.45, 7) is 6.04. The van der Waals surface area contributed by atoms with Gasteiger partial charge in [0.05, 0.1) is 35.2 Å². The highest BCUT2D eigenvalue weighted by atomic mass is 19.4. The van der Waals surface area contributed by atoms with Gasteiger partial charge >= 0.3 is 6.18 Å². The number of anilines is 2. The van der Waals surface area contributed by atoms with Gasteiger partial charge in [-0.25, -0.2) is 4.39 Å². The van der Waals surface area contributed by atoms with Crippen LogP contribution < -0.4 is 20.1 Å². The van der Waals surface area contributed by atoms with E-state index in [2.05, 4.69) is 16.5 Å². The molecule has 2 aliphatic heterocycles. The minimum Gasteiger partial charge on any atom is -0.489 e. The van der Waals surface area contributed by atoms with Crippen molar-refractivity contribution < 1.29 is 41.4 Å². The van der Waals surface area contributed by atoms with Gasteiger partial charge in [0.2, 0.25) is 5.60 Å². The fourth-order valence-corrected chi connectivity index (χ4v) is 6.46. The fourth-order valence-electron chi connectivity index (χ4n) is 6.46. The summed E-state index contributed by atoms with van der Waals surface area (Å²) in [6, 6.07) is 11.0. The zero-order valence-corrected chi connectivity index (χ0v) is 27.1. The first-order valence-electron chi connectivity index (χ1n) is 15.9. The number of likely N-dealkylation sites (tertiary alicyclic amines) is 1. The summed E-state index contributed by atoms with van der Waals surface area (Å²) in [4.78, 5) is 37.5. The highest BCUT2D eigenvalue weighted by Crippen LogP contribution is 2.40. The summed E-state index contributed by atoms with van der Waals surface area (Å²) in [5.74, 6) is -1.53. The quantitative estimate of drug-likeness (QED) is 0.127. The van der Waals surface area contributed by atoms with Gasteiger partial charge in [0.1, 0.15) is 23.9 Å². The summed E-state index contributed by atoms with van der Waals surface area (Å²) in [5.41, 5.74) is 2.83. The molecule has 0 aliphatic carbocycles. The minimum absolute atomic E-state index is 0.00268. The van der Waals surface area contributed by atoms with Crippen LogP contribution in [0, 0.1) is 5.82 Å². The van der Waals surface area contributed by atoms with Crippen LogP contribution in [-0.2, 0) is 15.7 Å². The van der Waals surface area contributed by atoms with Gasteiger partial charge in [0, 0.05) is 64.7 Å². The summed E-state index contributed by atoms with van der Waals surface area (Å²) < 4.78 is 74.1. The molecule has 262 valence electrons. The third-order valence-electron chi connectivity index (χ3n) is 8.82. The number of halogens is 4. The Balaban J connectivity index is 1.48. The summed E-state index contributed by atoms with van der Waals surface area (Å²) in [5, 5.41) is 0. The molecule has 0 radical (unpaired) electrons. The minimum atomic E-state index is -4.82. The molecule has 2 atom stereocenters. The number of nitrogen functional groups attached to an aromatic ring is 1. The first kappa shape index (κ1) is 35.5. The smallest absolute Gasteiger partial charge is 0.417 e. The molecule has 2 aliphatic rings. The number of rotatable bonds is 11. The second-order valence-corrected chi connectivity index (χ2v) is 11.8. The molecule has 49 heavy (non-hydrogen) atoms. The highest BCUT2D eigenvalue weighted by Gasteiger charge is 2.55. The number of amides is 2. The number of nitrogens with two attached hydrogens (primary N) is 1. The van der Waals surface area contributed by atoms with Crippen molar-refractivity contribution in [3.8, 4) is 11.5 Å². The molecule has 10 nitrogen and oxygen atoms in total. The summed E-state index contributed by atoms with van der Waals surface area (Å²) in [6.07, 6.45) is -1.17. The Hall–Kier alpha value is -4.85. The van der Waals surface area contributed by atoms with Crippen molar-refractivity contribution in [2.45, 2.75) is 37.1 Å². The number of pyridine rings is 1. The number of hydrogen-bond acceptors (Lipinski definition) is 8. The Bertz CT molecular complexity index is 1650. The lowest BCUT2D eigenvalue weighted by molar-refractivity contribution is -0.159. The lowest BCUT2D eigenvalue weighted by Crippen LogP contribution is -2.69. The van der Waals surface area contributed by atoms with Gasteiger partial charge in [0.15, 0.2) is 0 Å². The number of nitrogens with zero attached hydrogens (tertiary/aromatic N) is 4. The van der Waals surface area contributed by atoms with E-state index in [0.29, 0.717) is 32.1 Å². The molecular formula is C35H39F4N5O5. The van der Waals surface area contributed by atoms with E-state index in [4.69, 9.17) is 19.9 Å². The molecule has 0 spiro atoms. The van der Waals surface area contributed by atoms with Gasteiger partial charge in [-0.05, 0) is 43.2 Å². The number of alkyl halides is 3. The average Bonchev–Trinajstić information content (AvgIpc) is 3.10. The first-order valence-corrected chi connectivity index (χ1v) is 15.9. The number of piperidine rings is 1. The maximum Gasteiger partial charge on any atom is 0.417 e. The van der Waals surface area contributed by atoms with Gasteiger partial charge < -0.3 is 34.6 Å². The molecule has 14 heteroatoms. The van der Waals surface area contributed by atoms with Crippen molar-refractivity contribution in [1.29, 1.82) is 0 Å². The van der Waals surface area contributed by atoms with Crippen LogP contribution in [0.5, 0.6) is 11.5 Å². The second-order valence-electron chi connectivity index (χ2n) is 11.8. The number of piperazine rings is 1. The normalized spacial score (nSPS) is 19.8. The number of carbonyl (C=O) groups is 2. The number of aromatic nitrogens is 1. The van der Waals surface area contributed by atoms with Crippen molar-refractivity contribution in [3.63, 3.8) is 0 Å². The predicted octanol–water partition coefficient (Wildman–Crippen LogP) is 5.19. The number of ether oxygens (including phenoxy) is 3. The van der Waals surface area contributed by atoms with Gasteiger partial charge in [-0.3, -0.25) is 14.6 Å². The zero-order valence-electron chi connectivity index (χ0n) is 27.1. The third kappa shape index (κ3) is 7.58. The van der Waals surface area contributed by atoms with Crippen LogP contribution in [-0.4, -0.2) is 91.3 Å². The van der Waals surface area contributed by atoms with Crippen molar-refractivity contribution in [2.24, 2.45) is 0 Å². The van der Waals surface area contributed by atoms with Crippen molar-refractivity contribution >= 4 is 23.2 Å². The van der Waals surface area contributed by atoms with Crippen LogP contribution in [0.25, 0.3) is 0 Å². The van der Waals surface area contributed by atoms with Gasteiger partial charge in [0.25, 0.3) is 11.8 Å². The molecule has 2 aromatic carbocycles. The Labute approximate surface area is 282 Å². The Kier molecular flexibility index (Phi) is 11.0. The van der Waals surface area contributed by atoms with E-state index in [1.54, 1.807) is 12.0 Å². The SMILES string of the molecule is C=CCC1N(C(=O)c2cnccc2C(F)(F)F)CCCC1(Oc1ccc(N)c(F)c1)C(=O)N1CCN(c2ccccc2OCCOC)CC1. The molecule has 2 saturated heterocycles. The molecule has 0 saturated carbocycles. The highest BCUT2D eigenvalue weighted by molar-refractivity contribution is 5.97. The van der Waals surface area contributed by atoms with E-state index in [1.807, 2.05) is 24.3 Å². The van der Waals surface area contributed by atoms with Crippen LogP contribution in [0.2, 0.25) is 0 Å². The molecule has 0 bridgehead atoms. The average molecular weight is 686 g/mol. The predicted molar refractivity (Wildman–Crippen MR) is 175 cm³/mol. The van der Waals surface area contributed by atoms with E-state index >= 15 is 0 Å². The molecule has 1 aromatic heterocycles. The van der Waals surface area contributed by atoms with E-state index in [9.17, 15) is 27.2 Å². The van der Waals surface area contributed by atoms with Crippen molar-refractivity contribution in [1.82, 2.24) is 14.8 Å². The van der Waals surface area contributed by atoms with Crippen molar-refractivity contribution in [3.05, 3.63) is 90.5 Å². The first-order chi connectivity index (χ1) is 23.5. The lowest BCUT2D eigenvalue weighted by atomic mass is 9.80. The molecule has 2 unspecified atom stereocenters. The number of benzene rings is 2. The van der Waals surface area contributed by atoms with Crippen LogP contribution in [0.4, 0.5) is 28.9 Å². The molecule has 2 fully saturated rings. The van der Waals surface area contributed by atoms with Gasteiger partial charge in [-0.15, -0.1) is 6.58 Å². The third-order valence-corrected chi connectivity index (χ3v) is 8.82. The largest absolute Gasteiger partial charge is 0.489 e. The zero-order chi connectivity index (χ0) is 35.2. The molecule has 2 N–H and O–H groups in total. The number of carbonyl (C=O) groups excluding carboxylic acids is 2. The fraction of sp³-hybridized carbons (Fsp3) is 0.400.